The number of rotatable bonds is 5. The highest BCUT2D eigenvalue weighted by atomic mass is 19.2. The summed E-state index contributed by atoms with van der Waals surface area (Å²) in [6.07, 6.45) is 0.138. The number of carbonyl (C=O) groups excluding carboxylic acids is 2. The second-order valence-electron chi connectivity index (χ2n) is 6.31. The van der Waals surface area contributed by atoms with Crippen LogP contribution in [-0.2, 0) is 14.3 Å². The Hall–Kier alpha value is -2.06. The second kappa shape index (κ2) is 7.88. The van der Waals surface area contributed by atoms with Crippen molar-refractivity contribution in [2.45, 2.75) is 6.42 Å². The molecule has 2 fully saturated rings. The van der Waals surface area contributed by atoms with Crippen molar-refractivity contribution in [3.8, 4) is 0 Å². The number of hydrogen-bond acceptors (Lipinski definition) is 4. The van der Waals surface area contributed by atoms with E-state index in [9.17, 15) is 18.4 Å². The van der Waals surface area contributed by atoms with E-state index in [1.807, 2.05) is 0 Å². The number of benzene rings is 1. The van der Waals surface area contributed by atoms with Gasteiger partial charge in [-0.25, -0.2) is 8.78 Å². The Morgan fingerprint density at radius 1 is 1.20 bits per heavy atom. The van der Waals surface area contributed by atoms with Crippen molar-refractivity contribution in [3.05, 3.63) is 29.8 Å². The number of halogens is 2. The molecule has 0 spiro atoms. The highest BCUT2D eigenvalue weighted by Gasteiger charge is 2.34. The Bertz CT molecular complexity index is 650. The Balaban J connectivity index is 1.50. The molecule has 1 aromatic carbocycles. The number of hydrogen-bond donors (Lipinski definition) is 1. The van der Waals surface area contributed by atoms with Crippen LogP contribution in [-0.4, -0.2) is 67.6 Å². The quantitative estimate of drug-likeness (QED) is 0.861. The van der Waals surface area contributed by atoms with Crippen molar-refractivity contribution in [2.24, 2.45) is 5.92 Å². The van der Waals surface area contributed by atoms with E-state index < -0.39 is 17.6 Å². The molecule has 0 aliphatic carbocycles. The predicted molar refractivity (Wildman–Crippen MR) is 86.9 cm³/mol. The zero-order chi connectivity index (χ0) is 17.8. The molecule has 2 saturated heterocycles. The van der Waals surface area contributed by atoms with Gasteiger partial charge in [0.2, 0.25) is 11.8 Å². The van der Waals surface area contributed by atoms with Crippen LogP contribution in [0.5, 0.6) is 0 Å². The Labute approximate surface area is 144 Å². The van der Waals surface area contributed by atoms with Gasteiger partial charge in [0.25, 0.3) is 0 Å². The molecule has 25 heavy (non-hydrogen) atoms. The van der Waals surface area contributed by atoms with Crippen molar-refractivity contribution in [1.29, 1.82) is 0 Å². The van der Waals surface area contributed by atoms with Crippen LogP contribution in [0.15, 0.2) is 18.2 Å². The minimum atomic E-state index is -1.02. The van der Waals surface area contributed by atoms with Gasteiger partial charge in [-0.15, -0.1) is 0 Å². The van der Waals surface area contributed by atoms with Gasteiger partial charge in [-0.1, -0.05) is 0 Å². The Morgan fingerprint density at radius 3 is 2.68 bits per heavy atom. The van der Waals surface area contributed by atoms with Crippen molar-refractivity contribution in [2.75, 3.05) is 51.3 Å². The fourth-order valence-corrected chi connectivity index (χ4v) is 3.07. The minimum absolute atomic E-state index is 0.0568. The van der Waals surface area contributed by atoms with Crippen molar-refractivity contribution in [3.63, 3.8) is 0 Å². The number of carbonyl (C=O) groups is 2. The zero-order valence-electron chi connectivity index (χ0n) is 13.8. The molecule has 2 aliphatic rings. The molecule has 1 N–H and O–H groups in total. The van der Waals surface area contributed by atoms with Crippen LogP contribution in [0.4, 0.5) is 14.5 Å². The summed E-state index contributed by atoms with van der Waals surface area (Å²) in [7, 11) is 0. The Morgan fingerprint density at radius 2 is 1.96 bits per heavy atom. The molecular formula is C17H21F2N3O3. The molecule has 1 unspecified atom stereocenters. The van der Waals surface area contributed by atoms with Crippen LogP contribution in [0.25, 0.3) is 0 Å². The number of amides is 2. The number of nitrogens with zero attached hydrogens (tertiary/aromatic N) is 2. The average Bonchev–Trinajstić information content (AvgIpc) is 2.98. The molecule has 0 saturated carbocycles. The van der Waals surface area contributed by atoms with E-state index in [1.54, 1.807) is 4.90 Å². The average molecular weight is 353 g/mol. The molecule has 0 bridgehead atoms. The largest absolute Gasteiger partial charge is 0.379 e. The smallest absolute Gasteiger partial charge is 0.229 e. The third-order valence-corrected chi connectivity index (χ3v) is 4.56. The topological polar surface area (TPSA) is 61.9 Å². The van der Waals surface area contributed by atoms with Gasteiger partial charge in [0.15, 0.2) is 11.6 Å². The van der Waals surface area contributed by atoms with Gasteiger partial charge in [0, 0.05) is 50.9 Å². The van der Waals surface area contributed by atoms with Crippen LogP contribution in [0.2, 0.25) is 0 Å². The summed E-state index contributed by atoms with van der Waals surface area (Å²) in [6.45, 7) is 4.78. The molecule has 136 valence electrons. The first-order valence-electron chi connectivity index (χ1n) is 8.37. The summed E-state index contributed by atoms with van der Waals surface area (Å²) in [6, 6.07) is 3.18. The van der Waals surface area contributed by atoms with Crippen LogP contribution < -0.4 is 5.32 Å². The molecule has 8 heteroatoms. The lowest BCUT2D eigenvalue weighted by atomic mass is 10.1. The zero-order valence-corrected chi connectivity index (χ0v) is 13.8. The first kappa shape index (κ1) is 17.8. The van der Waals surface area contributed by atoms with Gasteiger partial charge >= 0.3 is 0 Å². The van der Waals surface area contributed by atoms with Gasteiger partial charge in [0.1, 0.15) is 0 Å². The number of anilines is 1. The van der Waals surface area contributed by atoms with Gasteiger partial charge in [-0.3, -0.25) is 14.5 Å². The number of ether oxygens (including phenoxy) is 1. The van der Waals surface area contributed by atoms with Gasteiger partial charge in [-0.2, -0.15) is 0 Å². The van der Waals surface area contributed by atoms with Gasteiger partial charge in [-0.05, 0) is 12.1 Å². The van der Waals surface area contributed by atoms with E-state index >= 15 is 0 Å². The molecule has 6 nitrogen and oxygen atoms in total. The molecular weight excluding hydrogens is 332 g/mol. The van der Waals surface area contributed by atoms with E-state index in [0.29, 0.717) is 26.3 Å². The van der Waals surface area contributed by atoms with Crippen molar-refractivity contribution >= 4 is 17.5 Å². The highest BCUT2D eigenvalue weighted by molar-refractivity contribution is 5.97. The first-order valence-corrected chi connectivity index (χ1v) is 8.37. The fraction of sp³-hybridized carbons (Fsp3) is 0.529. The predicted octanol–water partition coefficient (Wildman–Crippen LogP) is 1.08. The molecule has 0 radical (unpaired) electrons. The second-order valence-corrected chi connectivity index (χ2v) is 6.31. The maximum Gasteiger partial charge on any atom is 0.229 e. The van der Waals surface area contributed by atoms with E-state index in [4.69, 9.17) is 4.74 Å². The van der Waals surface area contributed by atoms with Gasteiger partial charge < -0.3 is 15.0 Å². The molecule has 2 amide bonds. The SMILES string of the molecule is O=C(Nc1ccc(F)c(F)c1)C1CC(=O)N(CCN2CCOCC2)C1. The monoisotopic (exact) mass is 353 g/mol. The number of nitrogens with one attached hydrogen (secondary N) is 1. The number of likely N-dealkylation sites (tertiary alicyclic amines) is 1. The molecule has 3 rings (SSSR count). The van der Waals surface area contributed by atoms with E-state index in [1.165, 1.54) is 6.07 Å². The van der Waals surface area contributed by atoms with Crippen molar-refractivity contribution in [1.82, 2.24) is 9.80 Å². The maximum absolute atomic E-state index is 13.2. The normalized spacial score (nSPS) is 21.6. The summed E-state index contributed by atoms with van der Waals surface area (Å²) in [5.41, 5.74) is 0.183. The van der Waals surface area contributed by atoms with E-state index in [0.717, 1.165) is 31.8 Å². The van der Waals surface area contributed by atoms with Crippen LogP contribution in [0.1, 0.15) is 6.42 Å². The molecule has 2 heterocycles. The lowest BCUT2D eigenvalue weighted by molar-refractivity contribution is -0.128. The molecule has 2 aliphatic heterocycles. The lowest BCUT2D eigenvalue weighted by Gasteiger charge is -2.28. The summed E-state index contributed by atoms with van der Waals surface area (Å²) >= 11 is 0. The summed E-state index contributed by atoms with van der Waals surface area (Å²) in [4.78, 5) is 28.3. The summed E-state index contributed by atoms with van der Waals surface area (Å²) < 4.78 is 31.4. The molecule has 1 aromatic rings. The van der Waals surface area contributed by atoms with Crippen LogP contribution in [0.3, 0.4) is 0 Å². The lowest BCUT2D eigenvalue weighted by Crippen LogP contribution is -2.42. The van der Waals surface area contributed by atoms with Crippen molar-refractivity contribution < 1.29 is 23.1 Å². The summed E-state index contributed by atoms with van der Waals surface area (Å²) in [5.74, 6) is -2.88. The number of morpholine rings is 1. The van der Waals surface area contributed by atoms with E-state index in [2.05, 4.69) is 10.2 Å². The fourth-order valence-electron chi connectivity index (χ4n) is 3.07. The third kappa shape index (κ3) is 4.52. The minimum Gasteiger partial charge on any atom is -0.379 e. The summed E-state index contributed by atoms with van der Waals surface area (Å²) in [5, 5.41) is 2.55. The van der Waals surface area contributed by atoms with E-state index in [-0.39, 0.29) is 23.9 Å². The third-order valence-electron chi connectivity index (χ3n) is 4.56. The maximum atomic E-state index is 13.2. The Kier molecular flexibility index (Phi) is 5.60. The highest BCUT2D eigenvalue weighted by Crippen LogP contribution is 2.21. The van der Waals surface area contributed by atoms with Gasteiger partial charge in [0.05, 0.1) is 19.1 Å². The molecule has 0 aromatic heterocycles. The first-order chi connectivity index (χ1) is 12.0. The molecule has 1 atom stereocenters. The van der Waals surface area contributed by atoms with Crippen LogP contribution >= 0.6 is 0 Å². The standard InChI is InChI=1S/C17H21F2N3O3/c18-14-2-1-13(10-15(14)19)20-17(24)12-9-16(23)22(11-12)4-3-21-5-7-25-8-6-21/h1-2,10,12H,3-9,11H2,(H,20,24). The van der Waals surface area contributed by atoms with Crippen LogP contribution in [0, 0.1) is 17.6 Å².